The number of methoxy groups -OCH3 is 1. The molecule has 0 N–H and O–H groups in total. The van der Waals surface area contributed by atoms with E-state index in [-0.39, 0.29) is 16.3 Å². The Bertz CT molecular complexity index is 1180. The summed E-state index contributed by atoms with van der Waals surface area (Å²) in [5.74, 6) is -0.0103. The number of benzene rings is 2. The van der Waals surface area contributed by atoms with Gasteiger partial charge in [-0.2, -0.15) is 0 Å². The number of rotatable bonds is 9. The number of carbonyl (C=O) groups is 1. The quantitative estimate of drug-likeness (QED) is 0.322. The van der Waals surface area contributed by atoms with Gasteiger partial charge < -0.3 is 14.0 Å². The molecule has 0 radical (unpaired) electrons. The minimum Gasteiger partial charge on any atom is -0.494 e. The number of hydrogen-bond donors (Lipinski definition) is 0. The summed E-state index contributed by atoms with van der Waals surface area (Å²) in [5.41, 5.74) is 2.75. The monoisotopic (exact) mass is 475 g/mol. The molecule has 3 rings (SSSR count). The van der Waals surface area contributed by atoms with Crippen molar-refractivity contribution in [2.45, 2.75) is 37.5 Å². The molecule has 1 aromatic heterocycles. The van der Waals surface area contributed by atoms with E-state index in [1.54, 1.807) is 28.8 Å². The molecule has 0 aliphatic carbocycles. The van der Waals surface area contributed by atoms with E-state index in [2.05, 4.69) is 0 Å². The van der Waals surface area contributed by atoms with E-state index < -0.39 is 15.8 Å². The molecule has 0 saturated carbocycles. The third-order valence-electron chi connectivity index (χ3n) is 5.05. The van der Waals surface area contributed by atoms with Gasteiger partial charge in [0.05, 0.1) is 24.4 Å². The topological polar surface area (TPSA) is 74.6 Å². The summed E-state index contributed by atoms with van der Waals surface area (Å²) in [5, 5.41) is 0.719. The molecule has 3 aromatic rings. The lowest BCUT2D eigenvalue weighted by atomic mass is 10.1. The number of aryl methyl sites for hydroxylation is 3. The van der Waals surface area contributed by atoms with Gasteiger partial charge in [-0.1, -0.05) is 41.9 Å². The summed E-state index contributed by atoms with van der Waals surface area (Å²) in [4.78, 5) is 12.3. The molecule has 32 heavy (non-hydrogen) atoms. The minimum atomic E-state index is -3.62. The fourth-order valence-corrected chi connectivity index (χ4v) is 4.89. The Hall–Kier alpha value is -2.77. The largest absolute Gasteiger partial charge is 0.494 e. The second-order valence-corrected chi connectivity index (χ2v) is 9.93. The van der Waals surface area contributed by atoms with Crippen LogP contribution in [0.1, 0.15) is 33.6 Å². The zero-order valence-electron chi connectivity index (χ0n) is 18.3. The maximum Gasteiger partial charge on any atom is 0.354 e. The first kappa shape index (κ1) is 23.9. The molecular weight excluding hydrogens is 450 g/mol. The molecule has 0 atom stereocenters. The average molecular weight is 476 g/mol. The van der Waals surface area contributed by atoms with Crippen LogP contribution < -0.4 is 4.74 Å². The van der Waals surface area contributed by atoms with Crippen LogP contribution in [0.25, 0.3) is 0 Å². The lowest BCUT2D eigenvalue weighted by Crippen LogP contribution is -2.12. The highest BCUT2D eigenvalue weighted by atomic mass is 35.5. The second-order valence-electron chi connectivity index (χ2n) is 7.56. The van der Waals surface area contributed by atoms with Crippen molar-refractivity contribution in [3.63, 3.8) is 0 Å². The van der Waals surface area contributed by atoms with E-state index in [4.69, 9.17) is 21.1 Å². The van der Waals surface area contributed by atoms with Crippen molar-refractivity contribution in [2.24, 2.45) is 0 Å². The van der Waals surface area contributed by atoms with Crippen molar-refractivity contribution in [2.75, 3.05) is 13.7 Å². The summed E-state index contributed by atoms with van der Waals surface area (Å²) in [6.45, 7) is 4.63. The minimum absolute atomic E-state index is 0.0895. The number of halogens is 1. The summed E-state index contributed by atoms with van der Waals surface area (Å²) >= 11 is 6.19. The summed E-state index contributed by atoms with van der Waals surface area (Å²) in [6, 6.07) is 14.0. The summed E-state index contributed by atoms with van der Waals surface area (Å²) < 4.78 is 38.0. The van der Waals surface area contributed by atoms with Gasteiger partial charge in [0.15, 0.2) is 9.84 Å². The maximum absolute atomic E-state index is 12.9. The fraction of sp³-hybridized carbons (Fsp3) is 0.292. The van der Waals surface area contributed by atoms with Crippen molar-refractivity contribution in [3.8, 4) is 5.75 Å². The molecule has 0 saturated heterocycles. The number of hydrogen-bond acceptors (Lipinski definition) is 5. The number of ether oxygens (including phenoxy) is 2. The van der Waals surface area contributed by atoms with Crippen LogP contribution in [0.3, 0.4) is 0 Å². The standard InChI is InChI=1S/C24H26ClNO5S/c1-17-12-20(13-18(2)23(17)25)31-11-7-10-26-15-21(14-22(26)24(27)30-3)32(28,29)16-19-8-5-4-6-9-19/h4-6,8-9,12-15H,7,10-11,16H2,1-3H3. The molecule has 170 valence electrons. The van der Waals surface area contributed by atoms with E-state index in [1.165, 1.54) is 19.4 Å². The lowest BCUT2D eigenvalue weighted by Gasteiger charge is -2.11. The van der Waals surface area contributed by atoms with Gasteiger partial charge in [-0.15, -0.1) is 0 Å². The zero-order valence-corrected chi connectivity index (χ0v) is 19.9. The van der Waals surface area contributed by atoms with Gasteiger partial charge in [0.25, 0.3) is 0 Å². The van der Waals surface area contributed by atoms with E-state index in [1.807, 2.05) is 32.0 Å². The van der Waals surface area contributed by atoms with Gasteiger partial charge in [0.1, 0.15) is 11.4 Å². The molecule has 0 spiro atoms. The molecule has 2 aromatic carbocycles. The van der Waals surface area contributed by atoms with Gasteiger partial charge >= 0.3 is 5.97 Å². The molecule has 0 unspecified atom stereocenters. The Kier molecular flexibility index (Phi) is 7.64. The molecule has 0 bridgehead atoms. The Morgan fingerprint density at radius 3 is 2.34 bits per heavy atom. The van der Waals surface area contributed by atoms with Gasteiger partial charge in [-0.25, -0.2) is 13.2 Å². The van der Waals surface area contributed by atoms with Crippen molar-refractivity contribution < 1.29 is 22.7 Å². The van der Waals surface area contributed by atoms with Crippen LogP contribution in [-0.2, 0) is 26.9 Å². The van der Waals surface area contributed by atoms with Crippen LogP contribution in [0.2, 0.25) is 5.02 Å². The Morgan fingerprint density at radius 2 is 1.72 bits per heavy atom. The molecule has 0 amide bonds. The van der Waals surface area contributed by atoms with Crippen molar-refractivity contribution in [3.05, 3.63) is 82.1 Å². The van der Waals surface area contributed by atoms with Crippen LogP contribution in [0.15, 0.2) is 59.6 Å². The average Bonchev–Trinajstić information content (AvgIpc) is 3.20. The first-order valence-corrected chi connectivity index (χ1v) is 12.2. The highest BCUT2D eigenvalue weighted by molar-refractivity contribution is 7.90. The predicted octanol–water partition coefficient (Wildman–Crippen LogP) is 4.99. The SMILES string of the molecule is COC(=O)c1cc(S(=O)(=O)Cc2ccccc2)cn1CCCOc1cc(C)c(Cl)c(C)c1. The van der Waals surface area contributed by atoms with Crippen LogP contribution in [0.5, 0.6) is 5.75 Å². The number of sulfone groups is 1. The number of aromatic nitrogens is 1. The van der Waals surface area contributed by atoms with E-state index >= 15 is 0 Å². The lowest BCUT2D eigenvalue weighted by molar-refractivity contribution is 0.0588. The number of esters is 1. The van der Waals surface area contributed by atoms with E-state index in [0.717, 1.165) is 21.9 Å². The molecular formula is C24H26ClNO5S. The smallest absolute Gasteiger partial charge is 0.354 e. The van der Waals surface area contributed by atoms with Crippen molar-refractivity contribution in [1.29, 1.82) is 0 Å². The number of carbonyl (C=O) groups excluding carboxylic acids is 1. The molecule has 8 heteroatoms. The van der Waals surface area contributed by atoms with Crippen LogP contribution in [0.4, 0.5) is 0 Å². The molecule has 6 nitrogen and oxygen atoms in total. The third-order valence-corrected chi connectivity index (χ3v) is 7.30. The normalized spacial score (nSPS) is 11.4. The molecule has 1 heterocycles. The highest BCUT2D eigenvalue weighted by Gasteiger charge is 2.22. The Labute approximate surface area is 193 Å². The van der Waals surface area contributed by atoms with Crippen LogP contribution in [0, 0.1) is 13.8 Å². The molecule has 0 aliphatic heterocycles. The van der Waals surface area contributed by atoms with Gasteiger partial charge in [0, 0.05) is 17.8 Å². The molecule has 0 fully saturated rings. The zero-order chi connectivity index (χ0) is 23.3. The summed E-state index contributed by atoms with van der Waals surface area (Å²) in [7, 11) is -2.35. The third kappa shape index (κ3) is 5.72. The number of nitrogens with zero attached hydrogens (tertiary/aromatic N) is 1. The van der Waals surface area contributed by atoms with Gasteiger partial charge in [-0.3, -0.25) is 0 Å². The molecule has 0 aliphatic rings. The Morgan fingerprint density at radius 1 is 1.06 bits per heavy atom. The van der Waals surface area contributed by atoms with Gasteiger partial charge in [0.2, 0.25) is 0 Å². The fourth-order valence-electron chi connectivity index (χ4n) is 3.41. The van der Waals surface area contributed by atoms with Crippen molar-refractivity contribution in [1.82, 2.24) is 4.57 Å². The first-order valence-electron chi connectivity index (χ1n) is 10.2. The second kappa shape index (κ2) is 10.2. The van der Waals surface area contributed by atoms with Crippen molar-refractivity contribution >= 4 is 27.4 Å². The van der Waals surface area contributed by atoms with Gasteiger partial charge in [-0.05, 0) is 55.2 Å². The highest BCUT2D eigenvalue weighted by Crippen LogP contribution is 2.26. The van der Waals surface area contributed by atoms with E-state index in [9.17, 15) is 13.2 Å². The summed E-state index contributed by atoms with van der Waals surface area (Å²) in [6.07, 6.45) is 2.05. The maximum atomic E-state index is 12.9. The first-order chi connectivity index (χ1) is 15.2. The van der Waals surface area contributed by atoms with E-state index in [0.29, 0.717) is 25.1 Å². The van der Waals surface area contributed by atoms with Crippen LogP contribution >= 0.6 is 11.6 Å². The van der Waals surface area contributed by atoms with Crippen LogP contribution in [-0.4, -0.2) is 32.7 Å². The predicted molar refractivity (Wildman–Crippen MR) is 124 cm³/mol. The Balaban J connectivity index is 1.72.